The van der Waals surface area contributed by atoms with Crippen LogP contribution in [0, 0.1) is 19.3 Å². The minimum Gasteiger partial charge on any atom is -0.491 e. The number of hydrogen-bond acceptors (Lipinski definition) is 7. The molecule has 0 aromatic heterocycles. The van der Waals surface area contributed by atoms with E-state index in [0.717, 1.165) is 49.1 Å². The number of rotatable bonds is 11. The molecule has 1 fully saturated rings. The van der Waals surface area contributed by atoms with E-state index in [1.54, 1.807) is 0 Å². The van der Waals surface area contributed by atoms with Crippen LogP contribution in [-0.2, 0) is 10.2 Å². The highest BCUT2D eigenvalue weighted by Crippen LogP contribution is 2.44. The van der Waals surface area contributed by atoms with Gasteiger partial charge in [0, 0.05) is 5.41 Å². The van der Waals surface area contributed by atoms with E-state index in [1.165, 1.54) is 11.1 Å². The van der Waals surface area contributed by atoms with Crippen LogP contribution < -0.4 is 9.47 Å². The maximum absolute atomic E-state index is 11.1. The van der Waals surface area contributed by atoms with E-state index in [-0.39, 0.29) is 30.7 Å². The molecule has 7 nitrogen and oxygen atoms in total. The van der Waals surface area contributed by atoms with Crippen molar-refractivity contribution < 1.29 is 29.6 Å². The number of aryl methyl sites for hydroxylation is 2. The van der Waals surface area contributed by atoms with Gasteiger partial charge in [-0.2, -0.15) is 0 Å². The van der Waals surface area contributed by atoms with Gasteiger partial charge in [-0.05, 0) is 79.6 Å². The van der Waals surface area contributed by atoms with Gasteiger partial charge in [-0.1, -0.05) is 45.0 Å². The third-order valence-electron chi connectivity index (χ3n) is 7.54. The SMILES string of the molecule is Cc1cc(C2(c3ccc(OC[C@@H](O)CO)c(C)c3)CCN(CC=O)CC2)ccc1OCC(O)C(C)(C)C. The summed E-state index contributed by atoms with van der Waals surface area (Å²) in [4.78, 5) is 13.3. The van der Waals surface area contributed by atoms with Crippen molar-refractivity contribution >= 4 is 6.29 Å². The maximum atomic E-state index is 11.1. The predicted molar refractivity (Wildman–Crippen MR) is 144 cm³/mol. The molecule has 0 amide bonds. The Morgan fingerprint density at radius 2 is 1.46 bits per heavy atom. The number of piperidine rings is 1. The lowest BCUT2D eigenvalue weighted by Crippen LogP contribution is -2.44. The molecule has 0 radical (unpaired) electrons. The summed E-state index contributed by atoms with van der Waals surface area (Å²) in [5.41, 5.74) is 3.87. The molecule has 0 saturated carbocycles. The molecule has 2 atom stereocenters. The first-order valence-electron chi connectivity index (χ1n) is 13.1. The summed E-state index contributed by atoms with van der Waals surface area (Å²) in [5, 5.41) is 29.1. The highest BCUT2D eigenvalue weighted by molar-refractivity contribution is 5.52. The fourth-order valence-corrected chi connectivity index (χ4v) is 4.84. The fourth-order valence-electron chi connectivity index (χ4n) is 4.84. The molecule has 2 aromatic rings. The minimum absolute atomic E-state index is 0.0348. The molecule has 0 aliphatic carbocycles. The molecule has 1 heterocycles. The topological polar surface area (TPSA) is 99.5 Å². The Morgan fingerprint density at radius 3 is 1.89 bits per heavy atom. The summed E-state index contributed by atoms with van der Waals surface area (Å²) in [5.74, 6) is 1.45. The number of carbonyl (C=O) groups excluding carboxylic acids is 1. The van der Waals surface area contributed by atoms with Crippen LogP contribution in [0.2, 0.25) is 0 Å². The molecule has 1 unspecified atom stereocenters. The number of aldehydes is 1. The molecule has 1 saturated heterocycles. The summed E-state index contributed by atoms with van der Waals surface area (Å²) in [6.45, 7) is 12.0. The van der Waals surface area contributed by atoms with Crippen LogP contribution in [0.3, 0.4) is 0 Å². The highest BCUT2D eigenvalue weighted by Gasteiger charge is 2.38. The van der Waals surface area contributed by atoms with E-state index in [0.29, 0.717) is 12.3 Å². The van der Waals surface area contributed by atoms with Crippen LogP contribution in [-0.4, -0.2) is 78.2 Å². The van der Waals surface area contributed by atoms with Crippen molar-refractivity contribution in [1.29, 1.82) is 0 Å². The third kappa shape index (κ3) is 7.11. The zero-order valence-corrected chi connectivity index (χ0v) is 22.9. The highest BCUT2D eigenvalue weighted by atomic mass is 16.5. The Labute approximate surface area is 221 Å². The van der Waals surface area contributed by atoms with Crippen molar-refractivity contribution in [1.82, 2.24) is 4.90 Å². The Bertz CT molecular complexity index is 1040. The molecule has 3 N–H and O–H groups in total. The van der Waals surface area contributed by atoms with Crippen LogP contribution in [0.4, 0.5) is 0 Å². The molecule has 1 aliphatic heterocycles. The van der Waals surface area contributed by atoms with Crippen LogP contribution in [0.5, 0.6) is 11.5 Å². The van der Waals surface area contributed by atoms with Crippen molar-refractivity contribution in [3.8, 4) is 11.5 Å². The Kier molecular flexibility index (Phi) is 9.75. The second-order valence-electron chi connectivity index (χ2n) is 11.4. The molecular formula is C30H43NO6. The van der Waals surface area contributed by atoms with E-state index >= 15 is 0 Å². The molecular weight excluding hydrogens is 470 g/mol. The molecule has 1 aliphatic rings. The lowest BCUT2D eigenvalue weighted by Gasteiger charge is -2.43. The summed E-state index contributed by atoms with van der Waals surface area (Å²) < 4.78 is 11.7. The molecule has 204 valence electrons. The Balaban J connectivity index is 1.91. The van der Waals surface area contributed by atoms with Crippen LogP contribution in [0.15, 0.2) is 36.4 Å². The van der Waals surface area contributed by atoms with Gasteiger partial charge in [-0.25, -0.2) is 0 Å². The second kappa shape index (κ2) is 12.4. The summed E-state index contributed by atoms with van der Waals surface area (Å²) >= 11 is 0. The molecule has 0 spiro atoms. The molecule has 0 bridgehead atoms. The van der Waals surface area contributed by atoms with Gasteiger partial charge in [-0.3, -0.25) is 4.90 Å². The smallest absolute Gasteiger partial charge is 0.133 e. The second-order valence-corrected chi connectivity index (χ2v) is 11.4. The molecule has 2 aromatic carbocycles. The average Bonchev–Trinajstić information content (AvgIpc) is 2.87. The van der Waals surface area contributed by atoms with Crippen molar-refractivity contribution in [3.05, 3.63) is 58.7 Å². The summed E-state index contributed by atoms with van der Waals surface area (Å²) in [7, 11) is 0. The number of aliphatic hydroxyl groups is 3. The molecule has 3 rings (SSSR count). The van der Waals surface area contributed by atoms with Gasteiger partial charge >= 0.3 is 0 Å². The number of aliphatic hydroxyl groups excluding tert-OH is 3. The lowest BCUT2D eigenvalue weighted by molar-refractivity contribution is -0.109. The molecule has 37 heavy (non-hydrogen) atoms. The largest absolute Gasteiger partial charge is 0.491 e. The van der Waals surface area contributed by atoms with Crippen molar-refractivity contribution in [2.45, 2.75) is 65.1 Å². The van der Waals surface area contributed by atoms with Gasteiger partial charge in [0.05, 0.1) is 19.3 Å². The van der Waals surface area contributed by atoms with E-state index in [2.05, 4.69) is 29.2 Å². The van der Waals surface area contributed by atoms with E-state index in [1.807, 2.05) is 46.8 Å². The van der Waals surface area contributed by atoms with E-state index < -0.39 is 12.2 Å². The van der Waals surface area contributed by atoms with Crippen LogP contribution in [0.25, 0.3) is 0 Å². The monoisotopic (exact) mass is 513 g/mol. The van der Waals surface area contributed by atoms with Crippen LogP contribution >= 0.6 is 0 Å². The number of ether oxygens (including phenoxy) is 2. The standard InChI is InChI=1S/C30H43NO6/c1-21-16-23(6-8-26(21)36-19-25(34)18-33)30(10-12-31(13-11-30)14-15-32)24-7-9-27(22(2)17-24)37-20-28(35)29(3,4)5/h6-9,15-17,25,28,33-35H,10-14,18-20H2,1-5H3/t25-,28?/m0/s1. The third-order valence-corrected chi connectivity index (χ3v) is 7.54. The summed E-state index contributed by atoms with van der Waals surface area (Å²) in [6.07, 6.45) is 1.22. The van der Waals surface area contributed by atoms with Gasteiger partial charge < -0.3 is 29.6 Å². The van der Waals surface area contributed by atoms with E-state index in [4.69, 9.17) is 14.6 Å². The van der Waals surface area contributed by atoms with E-state index in [9.17, 15) is 15.0 Å². The zero-order valence-electron chi connectivity index (χ0n) is 22.9. The van der Waals surface area contributed by atoms with Gasteiger partial charge in [0.15, 0.2) is 0 Å². The van der Waals surface area contributed by atoms with Crippen LogP contribution in [0.1, 0.15) is 55.9 Å². The number of benzene rings is 2. The fraction of sp³-hybridized carbons (Fsp3) is 0.567. The first kappa shape index (κ1) is 29.1. The molecule has 7 heteroatoms. The van der Waals surface area contributed by atoms with Gasteiger partial charge in [0.2, 0.25) is 0 Å². The number of nitrogens with zero attached hydrogens (tertiary/aromatic N) is 1. The van der Waals surface area contributed by atoms with Crippen molar-refractivity contribution in [2.75, 3.05) is 39.5 Å². The zero-order chi connectivity index (χ0) is 27.2. The van der Waals surface area contributed by atoms with Gasteiger partial charge in [-0.15, -0.1) is 0 Å². The normalized spacial score (nSPS) is 17.7. The first-order valence-corrected chi connectivity index (χ1v) is 13.1. The number of likely N-dealkylation sites (tertiary alicyclic amines) is 1. The Hall–Kier alpha value is -2.45. The quantitative estimate of drug-likeness (QED) is 0.396. The Morgan fingerprint density at radius 1 is 0.946 bits per heavy atom. The van der Waals surface area contributed by atoms with Crippen molar-refractivity contribution in [3.63, 3.8) is 0 Å². The predicted octanol–water partition coefficient (Wildman–Crippen LogP) is 3.40. The maximum Gasteiger partial charge on any atom is 0.133 e. The summed E-state index contributed by atoms with van der Waals surface area (Å²) in [6, 6.07) is 12.5. The lowest BCUT2D eigenvalue weighted by atomic mass is 9.67. The number of carbonyl (C=O) groups is 1. The average molecular weight is 514 g/mol. The minimum atomic E-state index is -0.916. The number of hydrogen-bond donors (Lipinski definition) is 3. The first-order chi connectivity index (χ1) is 17.5. The van der Waals surface area contributed by atoms with Gasteiger partial charge in [0.25, 0.3) is 0 Å². The van der Waals surface area contributed by atoms with Crippen molar-refractivity contribution in [2.24, 2.45) is 5.41 Å². The van der Waals surface area contributed by atoms with Gasteiger partial charge in [0.1, 0.15) is 37.1 Å².